The zero-order chi connectivity index (χ0) is 31.6. The van der Waals surface area contributed by atoms with E-state index in [1.54, 1.807) is 38.4 Å². The van der Waals surface area contributed by atoms with Crippen LogP contribution in [0.1, 0.15) is 51.9 Å². The van der Waals surface area contributed by atoms with Crippen molar-refractivity contribution >= 4 is 39.2 Å². The normalized spacial score (nSPS) is 12.7. The number of amides is 1. The lowest BCUT2D eigenvalue weighted by molar-refractivity contribution is -0.192. The number of rotatable bonds is 11. The topological polar surface area (TPSA) is 138 Å². The average molecular weight is 625 g/mol. The summed E-state index contributed by atoms with van der Waals surface area (Å²) in [5.41, 5.74) is 0.949. The number of carboxylic acid groups (broad SMARTS) is 1. The lowest BCUT2D eigenvalue weighted by Crippen LogP contribution is -2.51. The Labute approximate surface area is 243 Å². The van der Waals surface area contributed by atoms with Gasteiger partial charge in [0.25, 0.3) is 5.91 Å². The molecule has 41 heavy (non-hydrogen) atoms. The number of hydrogen-bond acceptors (Lipinski definition) is 7. The highest BCUT2D eigenvalue weighted by Gasteiger charge is 2.38. The number of alkyl halides is 3. The molecule has 0 spiro atoms. The van der Waals surface area contributed by atoms with Gasteiger partial charge in [0.2, 0.25) is 10.0 Å². The van der Waals surface area contributed by atoms with Gasteiger partial charge in [0, 0.05) is 47.8 Å². The standard InChI is InChI=1S/C24H35ClN4O4S.C2HF3O2/c1-17(2)29(18(3)34(31,32)28-16-24(4,5)6)23(30)19-13-20(25)15-22(14-19)33-12-11-27-21-7-9-26-10-8-21;3-2(4,5)1(6)7/h7-10,13-15,17-18,28H,11-12,16H2,1-6H3,(H,26,27);(H,6,7). The minimum atomic E-state index is -5.08. The molecule has 0 aliphatic carbocycles. The van der Waals surface area contributed by atoms with Crippen molar-refractivity contribution in [1.29, 1.82) is 0 Å². The van der Waals surface area contributed by atoms with Gasteiger partial charge in [-0.25, -0.2) is 17.9 Å². The molecule has 1 atom stereocenters. The number of aliphatic carboxylic acids is 1. The summed E-state index contributed by atoms with van der Waals surface area (Å²) in [5.74, 6) is -2.77. The summed E-state index contributed by atoms with van der Waals surface area (Å²) in [6.07, 6.45) is -1.70. The Hall–Kier alpha value is -3.10. The largest absolute Gasteiger partial charge is 0.492 e. The number of ether oxygens (including phenoxy) is 1. The summed E-state index contributed by atoms with van der Waals surface area (Å²) in [6, 6.07) is 8.06. The maximum absolute atomic E-state index is 13.4. The third-order valence-electron chi connectivity index (χ3n) is 5.18. The summed E-state index contributed by atoms with van der Waals surface area (Å²) < 4.78 is 66.0. The molecule has 0 aliphatic heterocycles. The Morgan fingerprint density at radius 1 is 1.10 bits per heavy atom. The van der Waals surface area contributed by atoms with E-state index in [1.807, 2.05) is 32.9 Å². The number of carbonyl (C=O) groups is 2. The molecule has 230 valence electrons. The third-order valence-corrected chi connectivity index (χ3v) is 7.07. The van der Waals surface area contributed by atoms with E-state index in [-0.39, 0.29) is 23.6 Å². The van der Waals surface area contributed by atoms with Gasteiger partial charge in [-0.2, -0.15) is 13.2 Å². The van der Waals surface area contributed by atoms with Crippen LogP contribution in [0.25, 0.3) is 0 Å². The van der Waals surface area contributed by atoms with Crippen molar-refractivity contribution < 1.29 is 41.0 Å². The molecule has 1 aromatic heterocycles. The van der Waals surface area contributed by atoms with Gasteiger partial charge >= 0.3 is 12.1 Å². The summed E-state index contributed by atoms with van der Waals surface area (Å²) in [6.45, 7) is 12.0. The monoisotopic (exact) mass is 624 g/mol. The molecule has 0 bridgehead atoms. The quantitative estimate of drug-likeness (QED) is 0.296. The molecule has 2 aromatic rings. The van der Waals surface area contributed by atoms with Gasteiger partial charge in [0.05, 0.1) is 0 Å². The molecule has 1 unspecified atom stereocenters. The van der Waals surface area contributed by atoms with Crippen LogP contribution in [0.5, 0.6) is 5.75 Å². The molecule has 1 heterocycles. The Morgan fingerprint density at radius 2 is 1.66 bits per heavy atom. The Bertz CT molecular complexity index is 1260. The fraction of sp³-hybridized carbons (Fsp3) is 0.500. The van der Waals surface area contributed by atoms with Crippen LogP contribution in [0.4, 0.5) is 18.9 Å². The average Bonchev–Trinajstić information content (AvgIpc) is 2.85. The molecular weight excluding hydrogens is 589 g/mol. The van der Waals surface area contributed by atoms with E-state index in [1.165, 1.54) is 17.9 Å². The molecule has 1 amide bonds. The summed E-state index contributed by atoms with van der Waals surface area (Å²) in [4.78, 5) is 27.6. The second-order valence-corrected chi connectivity index (χ2v) is 12.8. The second-order valence-electron chi connectivity index (χ2n) is 10.3. The number of sulfonamides is 1. The van der Waals surface area contributed by atoms with Gasteiger partial charge in [-0.05, 0) is 56.5 Å². The first kappa shape index (κ1) is 35.9. The highest BCUT2D eigenvalue weighted by Crippen LogP contribution is 2.25. The molecule has 0 fully saturated rings. The predicted octanol–water partition coefficient (Wildman–Crippen LogP) is 5.02. The van der Waals surface area contributed by atoms with Crippen molar-refractivity contribution in [3.8, 4) is 5.75 Å². The van der Waals surface area contributed by atoms with Gasteiger partial charge in [-0.15, -0.1) is 0 Å². The highest BCUT2D eigenvalue weighted by molar-refractivity contribution is 7.90. The van der Waals surface area contributed by atoms with E-state index in [4.69, 9.17) is 26.2 Å². The van der Waals surface area contributed by atoms with Crippen LogP contribution < -0.4 is 14.8 Å². The lowest BCUT2D eigenvalue weighted by Gasteiger charge is -2.33. The van der Waals surface area contributed by atoms with E-state index >= 15 is 0 Å². The van der Waals surface area contributed by atoms with Crippen molar-refractivity contribution in [2.45, 2.75) is 59.1 Å². The molecule has 0 radical (unpaired) electrons. The van der Waals surface area contributed by atoms with Crippen molar-refractivity contribution in [2.24, 2.45) is 5.41 Å². The first-order valence-electron chi connectivity index (χ1n) is 12.4. The van der Waals surface area contributed by atoms with Crippen molar-refractivity contribution in [3.63, 3.8) is 0 Å². The SMILES string of the molecule is CC(C)N(C(=O)c1cc(Cl)cc(OCCNc2ccncc2)c1)C(C)S(=O)(=O)NCC(C)(C)C.O=C(O)C(F)(F)F. The van der Waals surface area contributed by atoms with Crippen LogP contribution in [0, 0.1) is 5.41 Å². The number of carboxylic acids is 1. The molecular formula is C26H36ClF3N4O6S. The fourth-order valence-electron chi connectivity index (χ4n) is 3.16. The fourth-order valence-corrected chi connectivity index (χ4v) is 4.90. The Kier molecular flexibility index (Phi) is 13.3. The van der Waals surface area contributed by atoms with Gasteiger partial charge in [-0.1, -0.05) is 32.4 Å². The molecule has 10 nitrogen and oxygen atoms in total. The van der Waals surface area contributed by atoms with E-state index < -0.39 is 33.4 Å². The zero-order valence-electron chi connectivity index (χ0n) is 23.6. The number of nitrogens with one attached hydrogen (secondary N) is 2. The van der Waals surface area contributed by atoms with Crippen molar-refractivity contribution in [1.82, 2.24) is 14.6 Å². The number of halogens is 4. The minimum absolute atomic E-state index is 0.231. The summed E-state index contributed by atoms with van der Waals surface area (Å²) in [7, 11) is -3.78. The van der Waals surface area contributed by atoms with Crippen LogP contribution in [-0.2, 0) is 14.8 Å². The number of nitrogens with zero attached hydrogens (tertiary/aromatic N) is 2. The van der Waals surface area contributed by atoms with Crippen molar-refractivity contribution in [3.05, 3.63) is 53.3 Å². The second kappa shape index (κ2) is 15.2. The highest BCUT2D eigenvalue weighted by atomic mass is 35.5. The van der Waals surface area contributed by atoms with Crippen LogP contribution in [0.2, 0.25) is 5.02 Å². The van der Waals surface area contributed by atoms with E-state index in [0.29, 0.717) is 23.9 Å². The maximum atomic E-state index is 13.4. The first-order valence-corrected chi connectivity index (χ1v) is 14.4. The van der Waals surface area contributed by atoms with Crippen LogP contribution in [-0.4, -0.2) is 72.6 Å². The maximum Gasteiger partial charge on any atom is 0.490 e. The van der Waals surface area contributed by atoms with Crippen LogP contribution >= 0.6 is 11.6 Å². The molecule has 0 saturated carbocycles. The van der Waals surface area contributed by atoms with E-state index in [0.717, 1.165) is 5.69 Å². The molecule has 0 aliphatic rings. The molecule has 2 rings (SSSR count). The number of carbonyl (C=O) groups excluding carboxylic acids is 1. The predicted molar refractivity (Wildman–Crippen MR) is 151 cm³/mol. The Morgan fingerprint density at radius 3 is 2.15 bits per heavy atom. The minimum Gasteiger partial charge on any atom is -0.492 e. The number of pyridine rings is 1. The third kappa shape index (κ3) is 13.0. The smallest absolute Gasteiger partial charge is 0.490 e. The van der Waals surface area contributed by atoms with Crippen LogP contribution in [0.15, 0.2) is 42.7 Å². The number of hydrogen-bond donors (Lipinski definition) is 3. The first-order chi connectivity index (χ1) is 18.7. The van der Waals surface area contributed by atoms with Gasteiger partial charge < -0.3 is 20.1 Å². The van der Waals surface area contributed by atoms with Gasteiger partial charge in [0.15, 0.2) is 0 Å². The summed E-state index contributed by atoms with van der Waals surface area (Å²) >= 11 is 6.25. The number of anilines is 1. The van der Waals surface area contributed by atoms with Crippen LogP contribution in [0.3, 0.4) is 0 Å². The zero-order valence-corrected chi connectivity index (χ0v) is 25.2. The van der Waals surface area contributed by atoms with E-state index in [2.05, 4.69) is 15.0 Å². The lowest BCUT2D eigenvalue weighted by atomic mass is 9.98. The summed E-state index contributed by atoms with van der Waals surface area (Å²) in [5, 5.41) is 9.59. The molecule has 3 N–H and O–H groups in total. The number of benzene rings is 1. The Balaban J connectivity index is 0.00000106. The van der Waals surface area contributed by atoms with Crippen molar-refractivity contribution in [2.75, 3.05) is 25.0 Å². The molecule has 0 saturated heterocycles. The van der Waals surface area contributed by atoms with Gasteiger partial charge in [-0.3, -0.25) is 9.78 Å². The van der Waals surface area contributed by atoms with E-state index in [9.17, 15) is 26.4 Å². The molecule has 1 aromatic carbocycles. The van der Waals surface area contributed by atoms with Gasteiger partial charge in [0.1, 0.15) is 17.7 Å². The molecule has 15 heteroatoms. The number of aromatic nitrogens is 1.